The Kier molecular flexibility index (Phi) is 37.7. The Balaban J connectivity index is 0.0000110. The van der Waals surface area contributed by atoms with Crippen molar-refractivity contribution in [2.24, 2.45) is 0 Å². The molecule has 1 spiro atoms. The zero-order valence-corrected chi connectivity index (χ0v) is 34.6. The van der Waals surface area contributed by atoms with Crippen LogP contribution in [-0.4, -0.2) is 37.1 Å². The summed E-state index contributed by atoms with van der Waals surface area (Å²) in [6.07, 6.45) is 57.7. The van der Waals surface area contributed by atoms with Crippen LogP contribution in [0.1, 0.15) is 250 Å². The summed E-state index contributed by atoms with van der Waals surface area (Å²) < 4.78 is 0. The molecule has 2 nitrogen and oxygen atoms in total. The van der Waals surface area contributed by atoms with Crippen LogP contribution in [-0.2, 0) is 0 Å². The summed E-state index contributed by atoms with van der Waals surface area (Å²) in [5, 5.41) is 3.61. The van der Waals surface area contributed by atoms with E-state index in [-0.39, 0.29) is 24.8 Å². The predicted molar refractivity (Wildman–Crippen MR) is 223 cm³/mol. The molecule has 0 radical (unpaired) electrons. The van der Waals surface area contributed by atoms with Gasteiger partial charge in [0.05, 0.1) is 0 Å². The first kappa shape index (κ1) is 48.5. The van der Waals surface area contributed by atoms with Gasteiger partial charge in [0.15, 0.2) is 0 Å². The van der Waals surface area contributed by atoms with Gasteiger partial charge in [0.2, 0.25) is 0 Å². The minimum absolute atomic E-state index is 0. The molecule has 0 saturated carbocycles. The fourth-order valence-corrected chi connectivity index (χ4v) is 8.46. The Morgan fingerprint density at radius 3 is 0.667 bits per heavy atom. The summed E-state index contributed by atoms with van der Waals surface area (Å²) in [5.74, 6) is 0. The summed E-state index contributed by atoms with van der Waals surface area (Å²) in [6, 6.07) is 0. The molecule has 0 unspecified atom stereocenters. The van der Waals surface area contributed by atoms with Crippen LogP contribution in [0.5, 0.6) is 0 Å². The largest absolute Gasteiger partial charge is 0.313 e. The number of halogens is 2. The zero-order chi connectivity index (χ0) is 32.5. The average Bonchev–Trinajstić information content (AvgIpc) is 3.04. The maximum atomic E-state index is 3.61. The molecule has 2 rings (SSSR count). The molecule has 0 aromatic heterocycles. The highest BCUT2D eigenvalue weighted by molar-refractivity contribution is 5.85. The van der Waals surface area contributed by atoms with Crippen molar-refractivity contribution in [1.29, 1.82) is 0 Å². The van der Waals surface area contributed by atoms with Crippen LogP contribution in [0.25, 0.3) is 0 Å². The number of rotatable bonds is 0. The second-order valence-corrected chi connectivity index (χ2v) is 16.4. The minimum atomic E-state index is 0. The second kappa shape index (κ2) is 37.3. The van der Waals surface area contributed by atoms with E-state index in [0.717, 1.165) is 0 Å². The van der Waals surface area contributed by atoms with E-state index in [1.54, 1.807) is 0 Å². The molecule has 0 atom stereocenters. The number of nitrogens with zero attached hydrogens (tertiary/aromatic N) is 1. The minimum Gasteiger partial charge on any atom is -0.313 e. The van der Waals surface area contributed by atoms with E-state index >= 15 is 0 Å². The third-order valence-electron chi connectivity index (χ3n) is 12.1. The number of hydrogen-bond acceptors (Lipinski definition) is 2. The molecule has 0 amide bonds. The summed E-state index contributed by atoms with van der Waals surface area (Å²) in [5.41, 5.74) is 0.478. The van der Waals surface area contributed by atoms with Gasteiger partial charge in [-0.1, -0.05) is 238 Å². The van der Waals surface area contributed by atoms with Crippen LogP contribution < -0.4 is 5.32 Å². The fourth-order valence-electron chi connectivity index (χ4n) is 8.46. The number of nitrogens with one attached hydrogen (secondary N) is 1. The summed E-state index contributed by atoms with van der Waals surface area (Å²) in [7, 11) is 2.42. The van der Waals surface area contributed by atoms with Crippen LogP contribution in [0.4, 0.5) is 0 Å². The Morgan fingerprint density at radius 2 is 0.479 bits per heavy atom. The van der Waals surface area contributed by atoms with Crippen molar-refractivity contribution >= 4 is 24.8 Å². The lowest BCUT2D eigenvalue weighted by molar-refractivity contribution is 0.0485. The molecule has 0 aliphatic carbocycles. The van der Waals surface area contributed by atoms with E-state index in [1.165, 1.54) is 270 Å². The Hall–Kier alpha value is 0.500. The molecule has 2 aliphatic rings. The first-order valence-electron chi connectivity index (χ1n) is 22.3. The topological polar surface area (TPSA) is 15.3 Å². The van der Waals surface area contributed by atoms with Crippen LogP contribution in [0.15, 0.2) is 0 Å². The van der Waals surface area contributed by atoms with Gasteiger partial charge in [-0.3, -0.25) is 4.90 Å². The van der Waals surface area contributed by atoms with Gasteiger partial charge in [-0.15, -0.1) is 24.8 Å². The van der Waals surface area contributed by atoms with Crippen molar-refractivity contribution in [2.45, 2.75) is 256 Å². The van der Waals surface area contributed by atoms with Gasteiger partial charge in [-0.2, -0.15) is 0 Å². The SMILES string of the molecule is CN1CCCCCCCCCCCCCCCCCCCCCCCCCCCCCCCCCCCCCCCCC12CNC2.Cl.Cl. The molecule has 1 N–H and O–H groups in total. The van der Waals surface area contributed by atoms with E-state index in [4.69, 9.17) is 0 Å². The summed E-state index contributed by atoms with van der Waals surface area (Å²) >= 11 is 0. The zero-order valence-electron chi connectivity index (χ0n) is 33.0. The highest BCUT2D eigenvalue weighted by Gasteiger charge is 2.39. The Bertz CT molecular complexity index is 611. The van der Waals surface area contributed by atoms with Gasteiger partial charge in [-0.25, -0.2) is 0 Å². The third kappa shape index (κ3) is 28.1. The lowest BCUT2D eigenvalue weighted by Gasteiger charge is -2.50. The molecule has 0 bridgehead atoms. The monoisotopic (exact) mass is 717 g/mol. The molecule has 2 fully saturated rings. The van der Waals surface area contributed by atoms with Crippen molar-refractivity contribution in [3.8, 4) is 0 Å². The van der Waals surface area contributed by atoms with Gasteiger partial charge >= 0.3 is 0 Å². The van der Waals surface area contributed by atoms with Crippen LogP contribution in [0, 0.1) is 0 Å². The average molecular weight is 718 g/mol. The molecule has 4 heteroatoms. The fraction of sp³-hybridized carbons (Fsp3) is 1.00. The summed E-state index contributed by atoms with van der Waals surface area (Å²) in [4.78, 5) is 2.74. The van der Waals surface area contributed by atoms with E-state index in [2.05, 4.69) is 17.3 Å². The van der Waals surface area contributed by atoms with Gasteiger partial charge < -0.3 is 5.32 Å². The lowest BCUT2D eigenvalue weighted by Crippen LogP contribution is -2.67. The first-order chi connectivity index (χ1) is 22.8. The lowest BCUT2D eigenvalue weighted by atomic mass is 9.84. The quantitative estimate of drug-likeness (QED) is 0.268. The molecule has 290 valence electrons. The molecule has 2 heterocycles. The smallest absolute Gasteiger partial charge is 0.0455 e. The van der Waals surface area contributed by atoms with Crippen LogP contribution in [0.2, 0.25) is 0 Å². The van der Waals surface area contributed by atoms with Crippen molar-refractivity contribution < 1.29 is 0 Å². The molecule has 48 heavy (non-hydrogen) atoms. The molecule has 0 aromatic rings. The van der Waals surface area contributed by atoms with Gasteiger partial charge in [-0.05, 0) is 26.4 Å². The molecular formula is C44H90Cl2N2. The van der Waals surface area contributed by atoms with Crippen LogP contribution in [0.3, 0.4) is 0 Å². The van der Waals surface area contributed by atoms with Gasteiger partial charge in [0.1, 0.15) is 0 Å². The second-order valence-electron chi connectivity index (χ2n) is 16.4. The first-order valence-corrected chi connectivity index (χ1v) is 22.3. The highest BCUT2D eigenvalue weighted by atomic mass is 35.5. The van der Waals surface area contributed by atoms with Crippen molar-refractivity contribution in [3.63, 3.8) is 0 Å². The van der Waals surface area contributed by atoms with E-state index in [9.17, 15) is 0 Å². The molecule has 2 aliphatic heterocycles. The summed E-state index contributed by atoms with van der Waals surface area (Å²) in [6.45, 7) is 3.76. The number of likely N-dealkylation sites (N-methyl/N-ethyl adjacent to an activating group) is 1. The third-order valence-corrected chi connectivity index (χ3v) is 12.1. The molecular weight excluding hydrogens is 627 g/mol. The van der Waals surface area contributed by atoms with Crippen molar-refractivity contribution in [3.05, 3.63) is 0 Å². The van der Waals surface area contributed by atoms with Gasteiger partial charge in [0.25, 0.3) is 0 Å². The predicted octanol–water partition coefficient (Wildman–Crippen LogP) is 15.3. The van der Waals surface area contributed by atoms with E-state index in [1.807, 2.05) is 0 Å². The Labute approximate surface area is 316 Å². The van der Waals surface area contributed by atoms with Crippen molar-refractivity contribution in [2.75, 3.05) is 26.7 Å². The maximum Gasteiger partial charge on any atom is 0.0455 e. The van der Waals surface area contributed by atoms with Gasteiger partial charge in [0, 0.05) is 18.6 Å². The standard InChI is InChI=1S/C44H88N2.2ClH/c1-46-41-39-37-35-33-31-29-27-25-23-21-19-17-15-13-11-9-7-5-3-2-4-6-8-10-12-14-16-18-20-22-24-26-28-30-32-34-36-38-40-44(46)42-45-43-44;;/h45H,2-43H2,1H3;2*1H. The van der Waals surface area contributed by atoms with E-state index in [0.29, 0.717) is 5.54 Å². The Morgan fingerprint density at radius 1 is 0.292 bits per heavy atom. The molecule has 2 saturated heterocycles. The number of hydrogen-bond donors (Lipinski definition) is 1. The van der Waals surface area contributed by atoms with E-state index < -0.39 is 0 Å². The molecule has 0 aromatic carbocycles. The maximum absolute atomic E-state index is 3.61. The van der Waals surface area contributed by atoms with Crippen molar-refractivity contribution in [1.82, 2.24) is 10.2 Å². The normalized spacial score (nSPS) is 24.7. The van der Waals surface area contributed by atoms with Crippen LogP contribution >= 0.6 is 24.8 Å². The highest BCUT2D eigenvalue weighted by Crippen LogP contribution is 2.27.